The summed E-state index contributed by atoms with van der Waals surface area (Å²) < 4.78 is 11.6. The lowest BCUT2D eigenvalue weighted by Crippen LogP contribution is -2.44. The van der Waals surface area contributed by atoms with E-state index in [0.717, 1.165) is 0 Å². The standard InChI is InChI=1S/C26H34O5/c1-15-14-24(5)19(26(7,29)17(3)31-24)18(15)12-10-8-9-11-13-23(4)21-16(2)20(27)25(23,6)22(28)30-21/h8-14,16-19,21,29H,1-7H3/b9-8+,12-10+,13-11+/t16-,17-,18+,19-,21-,23+,24+,25-,26-/m0/s1. The number of carbonyl (C=O) groups excluding carboxylic acids is 2. The lowest BCUT2D eigenvalue weighted by atomic mass is 9.68. The largest absolute Gasteiger partial charge is 0.460 e. The number of ketones is 1. The van der Waals surface area contributed by atoms with E-state index in [2.05, 4.69) is 19.1 Å². The van der Waals surface area contributed by atoms with Gasteiger partial charge in [-0.05, 0) is 34.6 Å². The molecule has 2 aliphatic carbocycles. The molecule has 0 radical (unpaired) electrons. The average molecular weight is 427 g/mol. The van der Waals surface area contributed by atoms with Crippen LogP contribution < -0.4 is 0 Å². The number of fused-ring (bicyclic) bond motifs is 3. The first-order valence-electron chi connectivity index (χ1n) is 11.2. The zero-order valence-electron chi connectivity index (χ0n) is 19.5. The normalized spacial score (nSPS) is 51.5. The molecule has 9 atom stereocenters. The van der Waals surface area contributed by atoms with Gasteiger partial charge < -0.3 is 14.6 Å². The maximum absolute atomic E-state index is 12.6. The van der Waals surface area contributed by atoms with Crippen LogP contribution in [0.5, 0.6) is 0 Å². The fourth-order valence-corrected chi connectivity index (χ4v) is 6.59. The molecule has 1 N–H and O–H groups in total. The van der Waals surface area contributed by atoms with E-state index in [9.17, 15) is 14.7 Å². The van der Waals surface area contributed by atoms with Crippen molar-refractivity contribution in [1.29, 1.82) is 0 Å². The quantitative estimate of drug-likeness (QED) is 0.319. The van der Waals surface area contributed by atoms with E-state index in [1.807, 2.05) is 65.0 Å². The summed E-state index contributed by atoms with van der Waals surface area (Å²) in [6.07, 6.45) is 13.3. The predicted octanol–water partition coefficient (Wildman–Crippen LogP) is 3.93. The summed E-state index contributed by atoms with van der Waals surface area (Å²) in [7, 11) is 0. The molecule has 0 amide bonds. The molecule has 3 fully saturated rings. The first kappa shape index (κ1) is 22.2. The van der Waals surface area contributed by atoms with Gasteiger partial charge in [-0.1, -0.05) is 62.0 Å². The molecular weight excluding hydrogens is 392 g/mol. The second kappa shape index (κ2) is 6.76. The van der Waals surface area contributed by atoms with E-state index in [1.54, 1.807) is 6.92 Å². The Morgan fingerprint density at radius 2 is 1.68 bits per heavy atom. The van der Waals surface area contributed by atoms with Crippen LogP contribution in [0.2, 0.25) is 0 Å². The second-order valence-corrected chi connectivity index (χ2v) is 10.6. The van der Waals surface area contributed by atoms with Crippen molar-refractivity contribution >= 4 is 11.8 Å². The first-order chi connectivity index (χ1) is 14.3. The number of carbonyl (C=O) groups is 2. The summed E-state index contributed by atoms with van der Waals surface area (Å²) >= 11 is 0. The predicted molar refractivity (Wildman–Crippen MR) is 118 cm³/mol. The zero-order valence-corrected chi connectivity index (χ0v) is 19.5. The van der Waals surface area contributed by atoms with E-state index < -0.39 is 34.1 Å². The van der Waals surface area contributed by atoms with Crippen molar-refractivity contribution in [3.63, 3.8) is 0 Å². The molecule has 2 heterocycles. The van der Waals surface area contributed by atoms with Gasteiger partial charge in [0.2, 0.25) is 0 Å². The Morgan fingerprint density at radius 3 is 2.32 bits per heavy atom. The van der Waals surface area contributed by atoms with Crippen LogP contribution in [0.1, 0.15) is 48.5 Å². The van der Waals surface area contributed by atoms with Crippen molar-refractivity contribution in [3.05, 3.63) is 48.1 Å². The molecule has 0 aromatic rings. The number of ether oxygens (including phenoxy) is 2. The molecule has 4 aliphatic rings. The Balaban J connectivity index is 1.48. The topological polar surface area (TPSA) is 72.8 Å². The van der Waals surface area contributed by atoms with Crippen LogP contribution in [0, 0.1) is 28.6 Å². The Bertz CT molecular complexity index is 939. The highest BCUT2D eigenvalue weighted by molar-refractivity contribution is 6.10. The molecule has 0 aromatic heterocycles. The minimum atomic E-state index is -1.11. The van der Waals surface area contributed by atoms with Crippen molar-refractivity contribution in [2.45, 2.75) is 71.9 Å². The fraction of sp³-hybridized carbons (Fsp3) is 0.615. The maximum atomic E-state index is 12.6. The van der Waals surface area contributed by atoms with Gasteiger partial charge in [0.05, 0.1) is 23.2 Å². The Morgan fingerprint density at radius 1 is 1.03 bits per heavy atom. The Labute approximate surface area is 184 Å². The number of rotatable bonds is 4. The third-order valence-corrected chi connectivity index (χ3v) is 8.67. The zero-order chi connectivity index (χ0) is 23.0. The number of Topliss-reactive ketones (excluding diaryl/α,β-unsaturated/α-hetero) is 1. The third kappa shape index (κ3) is 2.75. The van der Waals surface area contributed by atoms with E-state index in [1.165, 1.54) is 5.57 Å². The molecule has 0 aromatic carbocycles. The van der Waals surface area contributed by atoms with Crippen LogP contribution in [-0.2, 0) is 19.1 Å². The maximum Gasteiger partial charge on any atom is 0.320 e. The van der Waals surface area contributed by atoms with E-state index >= 15 is 0 Å². The highest BCUT2D eigenvalue weighted by atomic mass is 16.6. The van der Waals surface area contributed by atoms with E-state index in [0.29, 0.717) is 0 Å². The molecule has 0 spiro atoms. The number of allylic oxidation sites excluding steroid dienone is 6. The lowest BCUT2D eigenvalue weighted by Gasteiger charge is -2.33. The summed E-state index contributed by atoms with van der Waals surface area (Å²) in [5.74, 6) is -0.653. The van der Waals surface area contributed by atoms with Crippen LogP contribution in [0.15, 0.2) is 48.1 Å². The van der Waals surface area contributed by atoms with Gasteiger partial charge in [0.15, 0.2) is 5.78 Å². The van der Waals surface area contributed by atoms with Crippen LogP contribution in [-0.4, -0.2) is 40.3 Å². The SMILES string of the molecule is CC1=C[C@@]2(C)O[C@@H](C)[C@](C)(O)[C@H]2[C@@H]1/C=C/C=C/C=C/[C@]1(C)[C@H]2OC(=O)[C@]1(C)C(=O)[C@@H]2C. The van der Waals surface area contributed by atoms with Crippen molar-refractivity contribution in [2.75, 3.05) is 0 Å². The molecule has 2 bridgehead atoms. The number of aliphatic hydroxyl groups is 1. The molecule has 5 nitrogen and oxygen atoms in total. The summed E-state index contributed by atoms with van der Waals surface area (Å²) in [6.45, 7) is 13.4. The van der Waals surface area contributed by atoms with Crippen molar-refractivity contribution in [1.82, 2.24) is 0 Å². The highest BCUT2D eigenvalue weighted by Gasteiger charge is 2.73. The van der Waals surface area contributed by atoms with Gasteiger partial charge in [-0.15, -0.1) is 0 Å². The molecule has 2 saturated heterocycles. The Hall–Kier alpha value is -1.98. The third-order valence-electron chi connectivity index (χ3n) is 8.67. The number of esters is 1. The molecule has 1 saturated carbocycles. The molecule has 4 rings (SSSR count). The molecular formula is C26H34O5. The van der Waals surface area contributed by atoms with Gasteiger partial charge in [-0.3, -0.25) is 9.59 Å². The first-order valence-corrected chi connectivity index (χ1v) is 11.2. The second-order valence-electron chi connectivity index (χ2n) is 10.6. The van der Waals surface area contributed by atoms with Crippen LogP contribution in [0.4, 0.5) is 0 Å². The smallest absolute Gasteiger partial charge is 0.320 e. The van der Waals surface area contributed by atoms with Gasteiger partial charge in [-0.2, -0.15) is 0 Å². The summed E-state index contributed by atoms with van der Waals surface area (Å²) in [5, 5.41) is 11.0. The summed E-state index contributed by atoms with van der Waals surface area (Å²) in [6, 6.07) is 0. The van der Waals surface area contributed by atoms with Crippen LogP contribution >= 0.6 is 0 Å². The average Bonchev–Trinajstić information content (AvgIpc) is 3.17. The lowest BCUT2D eigenvalue weighted by molar-refractivity contribution is -0.161. The van der Waals surface area contributed by atoms with E-state index in [4.69, 9.17) is 9.47 Å². The molecule has 31 heavy (non-hydrogen) atoms. The van der Waals surface area contributed by atoms with Crippen molar-refractivity contribution < 1.29 is 24.2 Å². The van der Waals surface area contributed by atoms with Crippen LogP contribution in [0.25, 0.3) is 0 Å². The minimum absolute atomic E-state index is 0.0289. The van der Waals surface area contributed by atoms with Gasteiger partial charge >= 0.3 is 5.97 Å². The Kier molecular flexibility index (Phi) is 4.84. The number of hydrogen-bond donors (Lipinski definition) is 1. The van der Waals surface area contributed by atoms with Crippen molar-refractivity contribution in [3.8, 4) is 0 Å². The van der Waals surface area contributed by atoms with Gasteiger partial charge in [0.1, 0.15) is 11.5 Å². The van der Waals surface area contributed by atoms with Crippen molar-refractivity contribution in [2.24, 2.45) is 28.6 Å². The monoisotopic (exact) mass is 426 g/mol. The molecule has 168 valence electrons. The van der Waals surface area contributed by atoms with Gasteiger partial charge in [0.25, 0.3) is 0 Å². The number of hydrogen-bond acceptors (Lipinski definition) is 5. The molecule has 5 heteroatoms. The van der Waals surface area contributed by atoms with Crippen LogP contribution in [0.3, 0.4) is 0 Å². The summed E-state index contributed by atoms with van der Waals surface area (Å²) in [5.41, 5.74) is -1.91. The summed E-state index contributed by atoms with van der Waals surface area (Å²) in [4.78, 5) is 24.9. The molecule has 0 unspecified atom stereocenters. The van der Waals surface area contributed by atoms with Gasteiger partial charge in [-0.25, -0.2) is 0 Å². The van der Waals surface area contributed by atoms with Gasteiger partial charge in [0, 0.05) is 17.3 Å². The molecule has 2 aliphatic heterocycles. The highest BCUT2D eigenvalue weighted by Crippen LogP contribution is 2.60. The minimum Gasteiger partial charge on any atom is -0.460 e. The fourth-order valence-electron chi connectivity index (χ4n) is 6.59. The van der Waals surface area contributed by atoms with E-state index in [-0.39, 0.29) is 29.6 Å².